The van der Waals surface area contributed by atoms with Crippen molar-refractivity contribution in [3.8, 4) is 0 Å². The number of likely N-dealkylation sites (tertiary alicyclic amines) is 1. The molecule has 2 rings (SSSR count). The van der Waals surface area contributed by atoms with Crippen molar-refractivity contribution in [1.29, 1.82) is 0 Å². The van der Waals surface area contributed by atoms with E-state index in [1.807, 2.05) is 0 Å². The fraction of sp³-hybridized carbons (Fsp3) is 0.917. The highest BCUT2D eigenvalue weighted by Gasteiger charge is 2.43. The van der Waals surface area contributed by atoms with Crippen molar-refractivity contribution in [3.63, 3.8) is 0 Å². The fourth-order valence-corrected chi connectivity index (χ4v) is 2.75. The van der Waals surface area contributed by atoms with Crippen molar-refractivity contribution in [2.45, 2.75) is 31.2 Å². The highest BCUT2D eigenvalue weighted by Crippen LogP contribution is 2.27. The van der Waals surface area contributed by atoms with Crippen LogP contribution in [-0.2, 0) is 9.53 Å². The maximum atomic E-state index is 13.1. The Morgan fingerprint density at radius 3 is 2.94 bits per heavy atom. The molecule has 2 aliphatic heterocycles. The number of methoxy groups -OCH3 is 1. The number of hydrogen-bond donors (Lipinski definition) is 1. The summed E-state index contributed by atoms with van der Waals surface area (Å²) >= 11 is 0. The third-order valence-corrected chi connectivity index (χ3v) is 3.64. The number of alkyl halides is 2. The molecule has 2 heterocycles. The fourth-order valence-electron chi connectivity index (χ4n) is 2.75. The summed E-state index contributed by atoms with van der Waals surface area (Å²) < 4.78 is 31.2. The topological polar surface area (TPSA) is 41.6 Å². The van der Waals surface area contributed by atoms with Gasteiger partial charge in [-0.15, -0.1) is 0 Å². The van der Waals surface area contributed by atoms with Gasteiger partial charge in [-0.1, -0.05) is 0 Å². The van der Waals surface area contributed by atoms with E-state index >= 15 is 0 Å². The maximum Gasteiger partial charge on any atom is 0.262 e. The predicted octanol–water partition coefficient (Wildman–Crippen LogP) is 0.869. The minimum absolute atomic E-state index is 0.187. The summed E-state index contributed by atoms with van der Waals surface area (Å²) in [4.78, 5) is 13.8. The monoisotopic (exact) mass is 262 g/mol. The van der Waals surface area contributed by atoms with Gasteiger partial charge in [0.05, 0.1) is 19.2 Å². The molecule has 2 atom stereocenters. The second kappa shape index (κ2) is 5.48. The van der Waals surface area contributed by atoms with Crippen LogP contribution >= 0.6 is 0 Å². The largest absolute Gasteiger partial charge is 0.384 e. The summed E-state index contributed by atoms with van der Waals surface area (Å²) in [6.45, 7) is 1.52. The summed E-state index contributed by atoms with van der Waals surface area (Å²) in [5.41, 5.74) is 0. The zero-order valence-electron chi connectivity index (χ0n) is 10.6. The number of carbonyl (C=O) groups is 1. The number of rotatable bonds is 3. The number of halogens is 2. The van der Waals surface area contributed by atoms with E-state index in [-0.39, 0.29) is 12.3 Å². The van der Waals surface area contributed by atoms with Gasteiger partial charge in [0.1, 0.15) is 0 Å². The number of carbonyl (C=O) groups excluding carboxylic acids is 1. The average Bonchev–Trinajstić information content (AvgIpc) is 2.70. The van der Waals surface area contributed by atoms with Crippen LogP contribution < -0.4 is 5.32 Å². The van der Waals surface area contributed by atoms with Gasteiger partial charge in [0, 0.05) is 26.6 Å². The second-order valence-corrected chi connectivity index (χ2v) is 5.24. The molecular formula is C12H20F2N2O2. The zero-order chi connectivity index (χ0) is 13.2. The first kappa shape index (κ1) is 13.7. The first-order valence-corrected chi connectivity index (χ1v) is 6.41. The molecular weight excluding hydrogens is 242 g/mol. The van der Waals surface area contributed by atoms with Gasteiger partial charge in [-0.05, 0) is 18.8 Å². The SMILES string of the molecule is COCC1CCCN(C(=O)C2CC(F)(F)CN2)C1. The lowest BCUT2D eigenvalue weighted by Crippen LogP contribution is -2.48. The van der Waals surface area contributed by atoms with Gasteiger partial charge >= 0.3 is 0 Å². The van der Waals surface area contributed by atoms with E-state index in [9.17, 15) is 13.6 Å². The van der Waals surface area contributed by atoms with Crippen LogP contribution in [0.15, 0.2) is 0 Å². The number of hydrogen-bond acceptors (Lipinski definition) is 3. The van der Waals surface area contributed by atoms with E-state index in [0.717, 1.165) is 12.8 Å². The summed E-state index contributed by atoms with van der Waals surface area (Å²) in [5.74, 6) is -2.61. The minimum Gasteiger partial charge on any atom is -0.384 e. The second-order valence-electron chi connectivity index (χ2n) is 5.24. The van der Waals surface area contributed by atoms with E-state index in [4.69, 9.17) is 4.74 Å². The predicted molar refractivity (Wildman–Crippen MR) is 62.5 cm³/mol. The first-order valence-electron chi connectivity index (χ1n) is 6.41. The molecule has 2 fully saturated rings. The lowest BCUT2D eigenvalue weighted by molar-refractivity contribution is -0.135. The van der Waals surface area contributed by atoms with Gasteiger partial charge < -0.3 is 9.64 Å². The van der Waals surface area contributed by atoms with Crippen molar-refractivity contribution >= 4 is 5.91 Å². The highest BCUT2D eigenvalue weighted by atomic mass is 19.3. The quantitative estimate of drug-likeness (QED) is 0.820. The Morgan fingerprint density at radius 1 is 1.56 bits per heavy atom. The van der Waals surface area contributed by atoms with Crippen LogP contribution in [0.4, 0.5) is 8.78 Å². The van der Waals surface area contributed by atoms with Crippen molar-refractivity contribution < 1.29 is 18.3 Å². The Hall–Kier alpha value is -0.750. The van der Waals surface area contributed by atoms with Gasteiger partial charge in [0.15, 0.2) is 0 Å². The average molecular weight is 262 g/mol. The summed E-state index contributed by atoms with van der Waals surface area (Å²) in [6, 6.07) is -0.721. The van der Waals surface area contributed by atoms with Crippen LogP contribution in [-0.4, -0.2) is 56.1 Å². The van der Waals surface area contributed by atoms with E-state index in [2.05, 4.69) is 5.32 Å². The maximum absolute atomic E-state index is 13.1. The smallest absolute Gasteiger partial charge is 0.262 e. The number of ether oxygens (including phenoxy) is 1. The summed E-state index contributed by atoms with van der Waals surface area (Å²) in [6.07, 6.45) is 1.58. The van der Waals surface area contributed by atoms with Gasteiger partial charge in [0.25, 0.3) is 5.92 Å². The number of nitrogens with zero attached hydrogens (tertiary/aromatic N) is 1. The Bertz CT molecular complexity index is 310. The molecule has 6 heteroatoms. The van der Waals surface area contributed by atoms with Crippen molar-refractivity contribution in [2.24, 2.45) is 5.92 Å². The third-order valence-electron chi connectivity index (χ3n) is 3.64. The van der Waals surface area contributed by atoms with Gasteiger partial charge in [-0.3, -0.25) is 10.1 Å². The standard InChI is InChI=1S/C12H20F2N2O2/c1-18-7-9-3-2-4-16(6-9)11(17)10-5-12(13,14)8-15-10/h9-10,15H,2-8H2,1H3. The molecule has 0 aromatic rings. The Labute approximate surface area is 106 Å². The molecule has 0 saturated carbocycles. The molecule has 0 aliphatic carbocycles. The normalized spacial score (nSPS) is 31.6. The van der Waals surface area contributed by atoms with E-state index in [1.54, 1.807) is 12.0 Å². The zero-order valence-corrected chi connectivity index (χ0v) is 10.6. The molecule has 4 nitrogen and oxygen atoms in total. The van der Waals surface area contributed by atoms with Crippen LogP contribution in [0.3, 0.4) is 0 Å². The van der Waals surface area contributed by atoms with E-state index < -0.39 is 18.5 Å². The van der Waals surface area contributed by atoms with Crippen LogP contribution in [0.5, 0.6) is 0 Å². The molecule has 2 saturated heterocycles. The van der Waals surface area contributed by atoms with Crippen LogP contribution in [0.1, 0.15) is 19.3 Å². The molecule has 1 amide bonds. The molecule has 0 aromatic heterocycles. The van der Waals surface area contributed by atoms with Crippen molar-refractivity contribution in [3.05, 3.63) is 0 Å². The molecule has 0 radical (unpaired) electrons. The Balaban J connectivity index is 1.89. The molecule has 1 N–H and O–H groups in total. The number of amides is 1. The van der Waals surface area contributed by atoms with Gasteiger partial charge in [0.2, 0.25) is 5.91 Å². The number of piperidine rings is 1. The third kappa shape index (κ3) is 3.17. The summed E-state index contributed by atoms with van der Waals surface area (Å²) in [5, 5.41) is 2.62. The van der Waals surface area contributed by atoms with Crippen LogP contribution in [0, 0.1) is 5.92 Å². The molecule has 0 bridgehead atoms. The van der Waals surface area contributed by atoms with Crippen molar-refractivity contribution in [2.75, 3.05) is 33.4 Å². The molecule has 104 valence electrons. The first-order chi connectivity index (χ1) is 8.52. The van der Waals surface area contributed by atoms with Crippen LogP contribution in [0.2, 0.25) is 0 Å². The van der Waals surface area contributed by atoms with E-state index in [0.29, 0.717) is 25.6 Å². The molecule has 0 aromatic carbocycles. The molecule has 0 spiro atoms. The Morgan fingerprint density at radius 2 is 2.33 bits per heavy atom. The lowest BCUT2D eigenvalue weighted by Gasteiger charge is -2.34. The molecule has 2 aliphatic rings. The van der Waals surface area contributed by atoms with Gasteiger partial charge in [-0.2, -0.15) is 0 Å². The lowest BCUT2D eigenvalue weighted by atomic mass is 9.98. The Kier molecular flexibility index (Phi) is 4.17. The molecule has 18 heavy (non-hydrogen) atoms. The van der Waals surface area contributed by atoms with E-state index in [1.165, 1.54) is 0 Å². The van der Waals surface area contributed by atoms with Crippen molar-refractivity contribution in [1.82, 2.24) is 10.2 Å². The van der Waals surface area contributed by atoms with Crippen LogP contribution in [0.25, 0.3) is 0 Å². The number of nitrogens with one attached hydrogen (secondary N) is 1. The van der Waals surface area contributed by atoms with Gasteiger partial charge in [-0.25, -0.2) is 8.78 Å². The summed E-state index contributed by atoms with van der Waals surface area (Å²) in [7, 11) is 1.64. The highest BCUT2D eigenvalue weighted by molar-refractivity contribution is 5.82. The molecule has 2 unspecified atom stereocenters. The minimum atomic E-state index is -2.75.